The number of halogens is 2. The van der Waals surface area contributed by atoms with Crippen molar-refractivity contribution in [1.29, 1.82) is 0 Å². The lowest BCUT2D eigenvalue weighted by Gasteiger charge is -2.24. The molecule has 0 radical (unpaired) electrons. The van der Waals surface area contributed by atoms with Crippen molar-refractivity contribution in [3.8, 4) is 5.75 Å². The number of ether oxygens (including phenoxy) is 1. The van der Waals surface area contributed by atoms with Gasteiger partial charge < -0.3 is 9.84 Å². The highest BCUT2D eigenvalue weighted by atomic mass is 32.1. The Bertz CT molecular complexity index is 1480. The first kappa shape index (κ1) is 21.7. The second kappa shape index (κ2) is 8.35. The molecular formula is C25H16F2N2O4S. The van der Waals surface area contributed by atoms with Crippen molar-refractivity contribution >= 4 is 44.1 Å². The van der Waals surface area contributed by atoms with Crippen LogP contribution in [-0.4, -0.2) is 28.9 Å². The van der Waals surface area contributed by atoms with Gasteiger partial charge in [0.25, 0.3) is 5.78 Å². The Morgan fingerprint density at radius 3 is 2.47 bits per heavy atom. The number of rotatable bonds is 4. The first-order valence-electron chi connectivity index (χ1n) is 10.1. The predicted molar refractivity (Wildman–Crippen MR) is 124 cm³/mol. The maximum atomic E-state index is 13.7. The average Bonchev–Trinajstić information content (AvgIpc) is 3.36. The molecule has 34 heavy (non-hydrogen) atoms. The fraction of sp³-hybridized carbons (Fsp3) is 0.0800. The van der Waals surface area contributed by atoms with Crippen molar-refractivity contribution in [3.05, 3.63) is 95.1 Å². The van der Waals surface area contributed by atoms with Gasteiger partial charge in [-0.1, -0.05) is 29.5 Å². The summed E-state index contributed by atoms with van der Waals surface area (Å²) in [5.41, 5.74) is 0.885. The summed E-state index contributed by atoms with van der Waals surface area (Å²) < 4.78 is 33.2. The summed E-state index contributed by atoms with van der Waals surface area (Å²) in [5.74, 6) is -2.87. The number of fused-ring (bicyclic) bond motifs is 1. The summed E-state index contributed by atoms with van der Waals surface area (Å²) in [4.78, 5) is 32.1. The van der Waals surface area contributed by atoms with E-state index in [1.54, 1.807) is 24.3 Å². The summed E-state index contributed by atoms with van der Waals surface area (Å²) in [6.07, 6.45) is 0. The van der Waals surface area contributed by atoms with Crippen molar-refractivity contribution in [2.45, 2.75) is 6.04 Å². The highest BCUT2D eigenvalue weighted by molar-refractivity contribution is 7.22. The number of thiazole rings is 1. The normalized spacial score (nSPS) is 17.5. The van der Waals surface area contributed by atoms with E-state index in [4.69, 9.17) is 4.74 Å². The maximum Gasteiger partial charge on any atom is 0.301 e. The van der Waals surface area contributed by atoms with Gasteiger partial charge in [-0.15, -0.1) is 0 Å². The van der Waals surface area contributed by atoms with Gasteiger partial charge in [-0.25, -0.2) is 13.8 Å². The van der Waals surface area contributed by atoms with Crippen LogP contribution in [0.1, 0.15) is 17.2 Å². The number of Topliss-reactive ketones (excluding diaryl/α,β-unsaturated/α-hetero) is 1. The first-order valence-corrected chi connectivity index (χ1v) is 11.0. The van der Waals surface area contributed by atoms with Gasteiger partial charge >= 0.3 is 5.91 Å². The lowest BCUT2D eigenvalue weighted by Crippen LogP contribution is -2.29. The Labute approximate surface area is 196 Å². The monoisotopic (exact) mass is 478 g/mol. The Morgan fingerprint density at radius 2 is 1.74 bits per heavy atom. The second-order valence-corrected chi connectivity index (χ2v) is 8.54. The lowest BCUT2D eigenvalue weighted by atomic mass is 9.94. The van der Waals surface area contributed by atoms with Crippen LogP contribution in [0.25, 0.3) is 16.0 Å². The van der Waals surface area contributed by atoms with E-state index < -0.39 is 35.1 Å². The molecule has 1 aliphatic heterocycles. The molecule has 1 aromatic heterocycles. The number of nitrogens with zero attached hydrogens (tertiary/aromatic N) is 2. The quantitative estimate of drug-likeness (QED) is 0.248. The third-order valence-electron chi connectivity index (χ3n) is 5.54. The largest absolute Gasteiger partial charge is 0.507 e. The number of hydrogen-bond donors (Lipinski definition) is 1. The molecule has 9 heteroatoms. The Kier molecular flexibility index (Phi) is 5.33. The molecule has 1 aliphatic rings. The molecule has 2 heterocycles. The standard InChI is InChI=1S/C25H16F2N2O4S/c1-33-18-5-3-2-4-16(18)21-20(22(30)13-6-8-14(26)9-7-13)23(31)24(32)29(21)25-28-17-11-10-15(27)12-19(17)34-25/h2-12,21,30H,1H3. The number of aromatic nitrogens is 1. The molecule has 0 bridgehead atoms. The molecule has 4 aromatic rings. The molecule has 170 valence electrons. The number of amides is 1. The van der Waals surface area contributed by atoms with Crippen LogP contribution >= 0.6 is 11.3 Å². The van der Waals surface area contributed by atoms with Gasteiger partial charge in [0.1, 0.15) is 29.2 Å². The molecule has 1 fully saturated rings. The molecule has 1 N–H and O–H groups in total. The second-order valence-electron chi connectivity index (χ2n) is 7.53. The van der Waals surface area contributed by atoms with Crippen LogP contribution in [0.5, 0.6) is 5.75 Å². The lowest BCUT2D eigenvalue weighted by molar-refractivity contribution is -0.132. The summed E-state index contributed by atoms with van der Waals surface area (Å²) in [6, 6.07) is 14.7. The predicted octanol–water partition coefficient (Wildman–Crippen LogP) is 5.21. The maximum absolute atomic E-state index is 13.7. The van der Waals surface area contributed by atoms with E-state index in [9.17, 15) is 23.5 Å². The van der Waals surface area contributed by atoms with Gasteiger partial charge in [0.2, 0.25) is 0 Å². The Morgan fingerprint density at radius 1 is 1.03 bits per heavy atom. The van der Waals surface area contributed by atoms with E-state index >= 15 is 0 Å². The van der Waals surface area contributed by atoms with Crippen molar-refractivity contribution < 1.29 is 28.2 Å². The molecule has 0 spiro atoms. The number of benzene rings is 3. The molecule has 1 atom stereocenters. The van der Waals surface area contributed by atoms with Crippen molar-refractivity contribution in [1.82, 2.24) is 4.98 Å². The molecule has 0 saturated carbocycles. The van der Waals surface area contributed by atoms with Gasteiger partial charge in [-0.05, 0) is 48.5 Å². The number of aliphatic hydroxyl groups excluding tert-OH is 1. The average molecular weight is 478 g/mol. The van der Waals surface area contributed by atoms with Crippen molar-refractivity contribution in [2.24, 2.45) is 0 Å². The number of aliphatic hydroxyl groups is 1. The number of carbonyl (C=O) groups is 2. The summed E-state index contributed by atoms with van der Waals surface area (Å²) in [6.45, 7) is 0. The third kappa shape index (κ3) is 3.50. The zero-order chi connectivity index (χ0) is 24.0. The van der Waals surface area contributed by atoms with Gasteiger partial charge in [-0.3, -0.25) is 14.5 Å². The molecule has 6 nitrogen and oxygen atoms in total. The Hall–Kier alpha value is -4.11. The van der Waals surface area contributed by atoms with Crippen LogP contribution in [0.3, 0.4) is 0 Å². The van der Waals surface area contributed by atoms with Gasteiger partial charge in [0, 0.05) is 11.1 Å². The highest BCUT2D eigenvalue weighted by Crippen LogP contribution is 2.46. The van der Waals surface area contributed by atoms with E-state index in [1.165, 1.54) is 42.3 Å². The van der Waals surface area contributed by atoms with Crippen molar-refractivity contribution in [2.75, 3.05) is 12.0 Å². The molecule has 5 rings (SSSR count). The van der Waals surface area contributed by atoms with E-state index in [2.05, 4.69) is 4.98 Å². The smallest absolute Gasteiger partial charge is 0.301 e. The van der Waals surface area contributed by atoms with Crippen LogP contribution in [0.2, 0.25) is 0 Å². The van der Waals surface area contributed by atoms with Gasteiger partial charge in [0.15, 0.2) is 5.13 Å². The zero-order valence-corrected chi connectivity index (χ0v) is 18.5. The number of hydrogen-bond acceptors (Lipinski definition) is 6. The number of carbonyl (C=O) groups excluding carboxylic acids is 2. The molecule has 1 unspecified atom stereocenters. The minimum absolute atomic E-state index is 0.164. The van der Waals surface area contributed by atoms with E-state index in [0.29, 0.717) is 21.5 Å². The minimum atomic E-state index is -1.08. The van der Waals surface area contributed by atoms with Crippen LogP contribution in [0.4, 0.5) is 13.9 Å². The van der Waals surface area contributed by atoms with Gasteiger partial charge in [-0.2, -0.15) is 0 Å². The van der Waals surface area contributed by atoms with Crippen LogP contribution in [0.15, 0.2) is 72.3 Å². The molecule has 1 amide bonds. The van der Waals surface area contributed by atoms with Crippen molar-refractivity contribution in [3.63, 3.8) is 0 Å². The highest BCUT2D eigenvalue weighted by Gasteiger charge is 2.49. The topological polar surface area (TPSA) is 79.7 Å². The summed E-state index contributed by atoms with van der Waals surface area (Å²) >= 11 is 1.05. The fourth-order valence-corrected chi connectivity index (χ4v) is 4.99. The SMILES string of the molecule is COc1ccccc1C1C(=C(O)c2ccc(F)cc2)C(=O)C(=O)N1c1nc2ccc(F)cc2s1. The van der Waals surface area contributed by atoms with E-state index in [1.807, 2.05) is 0 Å². The van der Waals surface area contributed by atoms with Crippen LogP contribution < -0.4 is 9.64 Å². The van der Waals surface area contributed by atoms with E-state index in [-0.39, 0.29) is 16.3 Å². The van der Waals surface area contributed by atoms with Crippen LogP contribution in [0, 0.1) is 11.6 Å². The number of ketones is 1. The Balaban J connectivity index is 1.76. The fourth-order valence-electron chi connectivity index (χ4n) is 3.97. The third-order valence-corrected chi connectivity index (χ3v) is 6.56. The molecular weight excluding hydrogens is 462 g/mol. The summed E-state index contributed by atoms with van der Waals surface area (Å²) in [7, 11) is 1.45. The van der Waals surface area contributed by atoms with E-state index in [0.717, 1.165) is 23.5 Å². The summed E-state index contributed by atoms with van der Waals surface area (Å²) in [5, 5.41) is 11.2. The van der Waals surface area contributed by atoms with Crippen LogP contribution in [-0.2, 0) is 9.59 Å². The first-order chi connectivity index (χ1) is 16.4. The molecule has 3 aromatic carbocycles. The molecule has 1 saturated heterocycles. The molecule has 0 aliphatic carbocycles. The number of methoxy groups -OCH3 is 1. The number of para-hydroxylation sites is 1. The zero-order valence-electron chi connectivity index (χ0n) is 17.7. The van der Waals surface area contributed by atoms with Gasteiger partial charge in [0.05, 0.1) is 22.9 Å². The number of anilines is 1. The minimum Gasteiger partial charge on any atom is -0.507 e.